The van der Waals surface area contributed by atoms with Gasteiger partial charge in [-0.3, -0.25) is 0 Å². The van der Waals surface area contributed by atoms with E-state index in [9.17, 15) is 0 Å². The van der Waals surface area contributed by atoms with Crippen LogP contribution in [0, 0.1) is 5.41 Å². The summed E-state index contributed by atoms with van der Waals surface area (Å²) in [5, 5.41) is 3.45. The van der Waals surface area contributed by atoms with Crippen LogP contribution in [0.2, 0.25) is 0 Å². The summed E-state index contributed by atoms with van der Waals surface area (Å²) in [5.74, 6) is 1.50. The summed E-state index contributed by atoms with van der Waals surface area (Å²) in [7, 11) is 2.22. The van der Waals surface area contributed by atoms with Crippen LogP contribution in [-0.4, -0.2) is 61.2 Å². The lowest BCUT2D eigenvalue weighted by atomic mass is 9.71. The van der Waals surface area contributed by atoms with E-state index in [-0.39, 0.29) is 37.2 Å². The summed E-state index contributed by atoms with van der Waals surface area (Å²) in [4.78, 5) is 14.2. The first kappa shape index (κ1) is 20.7. The van der Waals surface area contributed by atoms with Crippen molar-refractivity contribution in [1.82, 2.24) is 20.2 Å². The molecule has 1 aromatic heterocycles. The summed E-state index contributed by atoms with van der Waals surface area (Å²) in [6.45, 7) is 6.80. The van der Waals surface area contributed by atoms with Crippen molar-refractivity contribution in [3.05, 3.63) is 18.0 Å². The number of hydrogen-bond acceptors (Lipinski definition) is 5. The van der Waals surface area contributed by atoms with Crippen LogP contribution >= 0.6 is 37.2 Å². The molecule has 0 bridgehead atoms. The highest BCUT2D eigenvalue weighted by Crippen LogP contribution is 2.44. The Morgan fingerprint density at radius 3 is 2.48 bits per heavy atom. The third kappa shape index (κ3) is 3.69. The number of halogens is 3. The molecule has 3 aliphatic rings. The summed E-state index contributed by atoms with van der Waals surface area (Å²) >= 11 is 0. The second-order valence-corrected chi connectivity index (χ2v) is 6.69. The molecule has 1 atom stereocenters. The second-order valence-electron chi connectivity index (χ2n) is 6.69. The van der Waals surface area contributed by atoms with E-state index in [1.54, 1.807) is 0 Å². The van der Waals surface area contributed by atoms with Crippen molar-refractivity contribution in [3.63, 3.8) is 0 Å². The van der Waals surface area contributed by atoms with Gasteiger partial charge in [0, 0.05) is 56.8 Å². The van der Waals surface area contributed by atoms with Crippen LogP contribution < -0.4 is 10.2 Å². The molecule has 4 rings (SSSR count). The number of aromatic nitrogens is 2. The van der Waals surface area contributed by atoms with Crippen LogP contribution in [0.1, 0.15) is 24.5 Å². The normalized spacial score (nSPS) is 25.3. The highest BCUT2D eigenvalue weighted by Gasteiger charge is 2.50. The molecule has 0 aliphatic carbocycles. The first-order valence-corrected chi connectivity index (χ1v) is 7.74. The van der Waals surface area contributed by atoms with Gasteiger partial charge in [-0.1, -0.05) is 0 Å². The highest BCUT2D eigenvalue weighted by molar-refractivity contribution is 5.86. The molecule has 3 fully saturated rings. The molecule has 3 aliphatic heterocycles. The van der Waals surface area contributed by atoms with Crippen molar-refractivity contribution in [3.8, 4) is 0 Å². The maximum absolute atomic E-state index is 4.91. The molecule has 0 amide bonds. The predicted octanol–water partition coefficient (Wildman–Crippen LogP) is 1.96. The highest BCUT2D eigenvalue weighted by atomic mass is 35.5. The Morgan fingerprint density at radius 2 is 1.87 bits per heavy atom. The minimum atomic E-state index is 0. The Balaban J connectivity index is 0.000000882. The Morgan fingerprint density at radius 1 is 1.17 bits per heavy atom. The maximum Gasteiger partial charge on any atom is 0.225 e. The van der Waals surface area contributed by atoms with Gasteiger partial charge in [-0.15, -0.1) is 37.2 Å². The van der Waals surface area contributed by atoms with Gasteiger partial charge in [0.1, 0.15) is 0 Å². The molecule has 23 heavy (non-hydrogen) atoms. The minimum absolute atomic E-state index is 0. The second kappa shape index (κ2) is 8.17. The average Bonchev–Trinajstić information content (AvgIpc) is 3.05. The number of hydrogen-bond donors (Lipinski definition) is 1. The van der Waals surface area contributed by atoms with Gasteiger partial charge in [-0.05, 0) is 26.0 Å². The first-order valence-electron chi connectivity index (χ1n) is 7.74. The third-order valence-corrected chi connectivity index (χ3v) is 5.18. The van der Waals surface area contributed by atoms with E-state index in [4.69, 9.17) is 4.98 Å². The van der Waals surface area contributed by atoms with Gasteiger partial charge in [0.2, 0.25) is 5.95 Å². The Kier molecular flexibility index (Phi) is 7.36. The van der Waals surface area contributed by atoms with Crippen molar-refractivity contribution >= 4 is 43.2 Å². The van der Waals surface area contributed by atoms with Crippen LogP contribution in [-0.2, 0) is 0 Å². The smallest absolute Gasteiger partial charge is 0.225 e. The van der Waals surface area contributed by atoms with Gasteiger partial charge in [0.25, 0.3) is 0 Å². The lowest BCUT2D eigenvalue weighted by molar-refractivity contribution is 0.156. The third-order valence-electron chi connectivity index (χ3n) is 5.18. The van der Waals surface area contributed by atoms with Crippen molar-refractivity contribution in [2.75, 3.05) is 51.2 Å². The van der Waals surface area contributed by atoms with Gasteiger partial charge in [-0.2, -0.15) is 0 Å². The zero-order chi connectivity index (χ0) is 13.6. The fourth-order valence-corrected chi connectivity index (χ4v) is 4.05. The fourth-order valence-electron chi connectivity index (χ4n) is 4.05. The predicted molar refractivity (Wildman–Crippen MR) is 101 cm³/mol. The molecule has 132 valence electrons. The summed E-state index contributed by atoms with van der Waals surface area (Å²) in [5.41, 5.74) is 1.65. The van der Waals surface area contributed by atoms with Gasteiger partial charge in [0.15, 0.2) is 0 Å². The zero-order valence-corrected chi connectivity index (χ0v) is 15.9. The molecule has 3 saturated heterocycles. The summed E-state index contributed by atoms with van der Waals surface area (Å²) < 4.78 is 0. The fraction of sp³-hybridized carbons (Fsp3) is 0.733. The van der Waals surface area contributed by atoms with E-state index < -0.39 is 0 Å². The molecule has 1 N–H and O–H groups in total. The Bertz CT molecular complexity index is 506. The van der Waals surface area contributed by atoms with E-state index in [0.717, 1.165) is 38.7 Å². The first-order chi connectivity index (χ1) is 9.77. The van der Waals surface area contributed by atoms with E-state index in [1.165, 1.54) is 25.1 Å². The average molecular weight is 383 g/mol. The summed E-state index contributed by atoms with van der Waals surface area (Å²) in [6.07, 6.45) is 4.50. The molecule has 5 nitrogen and oxygen atoms in total. The lowest BCUT2D eigenvalue weighted by Gasteiger charge is -2.43. The molecule has 4 heterocycles. The number of likely N-dealkylation sites (N-methyl/N-ethyl adjacent to an activating group) is 1. The molecule has 0 radical (unpaired) electrons. The Labute approximate surface area is 156 Å². The van der Waals surface area contributed by atoms with E-state index >= 15 is 0 Å². The van der Waals surface area contributed by atoms with Crippen LogP contribution in [0.5, 0.6) is 0 Å². The van der Waals surface area contributed by atoms with Crippen LogP contribution in [0.3, 0.4) is 0 Å². The van der Waals surface area contributed by atoms with Crippen LogP contribution in [0.25, 0.3) is 0 Å². The van der Waals surface area contributed by atoms with Crippen molar-refractivity contribution < 1.29 is 0 Å². The van der Waals surface area contributed by atoms with Crippen LogP contribution in [0.15, 0.2) is 12.3 Å². The van der Waals surface area contributed by atoms with E-state index in [0.29, 0.717) is 11.3 Å². The van der Waals surface area contributed by atoms with Gasteiger partial charge >= 0.3 is 0 Å². The maximum atomic E-state index is 4.91. The monoisotopic (exact) mass is 381 g/mol. The molecule has 1 spiro atoms. The quantitative estimate of drug-likeness (QED) is 0.847. The zero-order valence-electron chi connectivity index (χ0n) is 13.4. The summed E-state index contributed by atoms with van der Waals surface area (Å²) in [6, 6.07) is 2.13. The number of likely N-dealkylation sites (tertiary alicyclic amines) is 1. The molecule has 8 heteroatoms. The lowest BCUT2D eigenvalue weighted by Crippen LogP contribution is -2.57. The van der Waals surface area contributed by atoms with Gasteiger partial charge < -0.3 is 15.1 Å². The molecular formula is C15H26Cl3N5. The van der Waals surface area contributed by atoms with Gasteiger partial charge in [-0.25, -0.2) is 9.97 Å². The molecular weight excluding hydrogens is 357 g/mol. The molecule has 1 aromatic rings. The topological polar surface area (TPSA) is 44.3 Å². The van der Waals surface area contributed by atoms with E-state index in [2.05, 4.69) is 33.2 Å². The van der Waals surface area contributed by atoms with Crippen LogP contribution in [0.4, 0.5) is 5.95 Å². The Hall–Kier alpha value is -0.330. The number of nitrogens with zero attached hydrogens (tertiary/aromatic N) is 4. The van der Waals surface area contributed by atoms with Crippen molar-refractivity contribution in [2.24, 2.45) is 5.41 Å². The van der Waals surface area contributed by atoms with Gasteiger partial charge in [0.05, 0.1) is 5.69 Å². The molecule has 0 saturated carbocycles. The van der Waals surface area contributed by atoms with E-state index in [1.807, 2.05) is 6.20 Å². The van der Waals surface area contributed by atoms with Crippen molar-refractivity contribution in [2.45, 2.75) is 18.8 Å². The standard InChI is InChI=1S/C15H23N5.3ClH/c1-19-8-12(15(11-19)9-16-10-15)13-4-5-17-14(18-13)20-6-2-3-7-20;;;/h4-5,12,16H,2-3,6-11H2,1H3;3*1H. The number of nitrogens with one attached hydrogen (secondary N) is 1. The molecule has 0 aromatic carbocycles. The largest absolute Gasteiger partial charge is 0.341 e. The minimum Gasteiger partial charge on any atom is -0.341 e. The number of anilines is 1. The number of rotatable bonds is 2. The molecule has 1 unspecified atom stereocenters. The van der Waals surface area contributed by atoms with Crippen molar-refractivity contribution in [1.29, 1.82) is 0 Å². The SMILES string of the molecule is CN1CC(c2ccnc(N3CCCC3)n2)C2(CNC2)C1.Cl.Cl.Cl.